The van der Waals surface area contributed by atoms with E-state index in [1.165, 1.54) is 23.5 Å². The fourth-order valence-corrected chi connectivity index (χ4v) is 5.53. The summed E-state index contributed by atoms with van der Waals surface area (Å²) in [4.78, 5) is 13.6. The zero-order valence-corrected chi connectivity index (χ0v) is 19.9. The molecule has 0 aliphatic rings. The molecule has 0 spiro atoms. The number of carbonyl (C=O) groups is 1. The Morgan fingerprint density at radius 2 is 1.77 bits per heavy atom. The Bertz CT molecular complexity index is 1190. The van der Waals surface area contributed by atoms with Crippen LogP contribution in [0.5, 0.6) is 0 Å². The number of halogens is 2. The van der Waals surface area contributed by atoms with Crippen molar-refractivity contribution in [3.8, 4) is 5.69 Å². The molecular weight excluding hydrogens is 495 g/mol. The summed E-state index contributed by atoms with van der Waals surface area (Å²) < 4.78 is 16.1. The number of ketones is 1. The molecule has 4 rings (SSSR count). The number of rotatable bonds is 6. The van der Waals surface area contributed by atoms with E-state index in [0.29, 0.717) is 21.9 Å². The van der Waals surface area contributed by atoms with E-state index in [9.17, 15) is 9.18 Å². The number of thiophene rings is 1. The summed E-state index contributed by atoms with van der Waals surface area (Å²) in [5.41, 5.74) is 10.5. The Labute approximate surface area is 199 Å². The Morgan fingerprint density at radius 1 is 1.06 bits per heavy atom. The fraction of sp³-hybridized carbons (Fsp3) is 0.0833. The van der Waals surface area contributed by atoms with Gasteiger partial charge in [-0.3, -0.25) is 4.79 Å². The number of thioether (sulfide) groups is 1. The van der Waals surface area contributed by atoms with Crippen LogP contribution in [0.3, 0.4) is 0 Å². The smallest absolute Gasteiger partial charge is 0.259 e. The largest absolute Gasteiger partial charge is 1.00 e. The zero-order chi connectivity index (χ0) is 21.1. The van der Waals surface area contributed by atoms with Crippen LogP contribution >= 0.6 is 23.1 Å². The molecule has 0 fully saturated rings. The zero-order valence-electron chi connectivity index (χ0n) is 16.7. The third-order valence-corrected chi connectivity index (χ3v) is 7.14. The van der Waals surface area contributed by atoms with Crippen molar-refractivity contribution in [1.29, 1.82) is 0 Å². The number of aromatic nitrogens is 1. The van der Waals surface area contributed by atoms with Crippen molar-refractivity contribution in [2.45, 2.75) is 16.9 Å². The van der Waals surface area contributed by atoms with Crippen LogP contribution < -0.4 is 27.3 Å². The monoisotopic (exact) mass is 514 g/mol. The van der Waals surface area contributed by atoms with Crippen LogP contribution in [0.1, 0.15) is 26.4 Å². The molecule has 31 heavy (non-hydrogen) atoms. The minimum Gasteiger partial charge on any atom is -1.00 e. The highest BCUT2D eigenvalue weighted by atomic mass is 79.9. The molecule has 2 aromatic heterocycles. The first-order chi connectivity index (χ1) is 14.5. The van der Waals surface area contributed by atoms with Crippen molar-refractivity contribution < 1.29 is 30.7 Å². The maximum Gasteiger partial charge on any atom is 0.259 e. The highest BCUT2D eigenvalue weighted by molar-refractivity contribution is 8.00. The summed E-state index contributed by atoms with van der Waals surface area (Å²) in [5, 5.41) is 0. The van der Waals surface area contributed by atoms with E-state index in [1.807, 2.05) is 54.2 Å². The summed E-state index contributed by atoms with van der Waals surface area (Å²) in [6, 6.07) is 19.6. The fourth-order valence-electron chi connectivity index (χ4n) is 3.11. The van der Waals surface area contributed by atoms with E-state index in [-0.39, 0.29) is 28.6 Å². The third kappa shape index (κ3) is 5.23. The van der Waals surface area contributed by atoms with Gasteiger partial charge in [-0.15, -0.1) is 23.1 Å². The van der Waals surface area contributed by atoms with Crippen molar-refractivity contribution in [1.82, 2.24) is 0 Å². The molecule has 2 heterocycles. The second kappa shape index (κ2) is 10.2. The number of nitrogens with two attached hydrogens (primary N) is 1. The Hall–Kier alpha value is -2.48. The van der Waals surface area contributed by atoms with E-state index in [1.54, 1.807) is 36.0 Å². The Balaban J connectivity index is 0.00000272. The lowest BCUT2D eigenvalue weighted by Crippen LogP contribution is -3.00. The predicted octanol–water partition coefficient (Wildman–Crippen LogP) is 2.58. The molecule has 0 unspecified atom stereocenters. The molecule has 0 aliphatic carbocycles. The van der Waals surface area contributed by atoms with Crippen molar-refractivity contribution in [3.63, 3.8) is 0 Å². The van der Waals surface area contributed by atoms with Crippen LogP contribution in [0, 0.1) is 12.7 Å². The maximum absolute atomic E-state index is 13.2. The average Bonchev–Trinajstić information content (AvgIpc) is 3.09. The molecule has 4 aromatic rings. The topological polar surface area (TPSA) is 47.0 Å². The first-order valence-corrected chi connectivity index (χ1v) is 11.2. The standard InChI is InChI=1S/C24H19FN2OS2.BrH/c1-16-6-5-13-27(14-16)21-20(26)23(22(28)18-7-3-2-4-8-18)30-24(21)29-15-17-9-11-19(25)12-10-17;/h2-14H,15H2,1H3,(H-,26,28);1H. The summed E-state index contributed by atoms with van der Waals surface area (Å²) >= 11 is 3.00. The lowest BCUT2D eigenvalue weighted by molar-refractivity contribution is -0.597. The number of carbonyl (C=O) groups excluding carboxylic acids is 1. The van der Waals surface area contributed by atoms with Gasteiger partial charge < -0.3 is 22.7 Å². The van der Waals surface area contributed by atoms with Gasteiger partial charge in [0.2, 0.25) is 5.78 Å². The molecule has 0 saturated heterocycles. The van der Waals surface area contributed by atoms with E-state index in [4.69, 9.17) is 5.73 Å². The number of pyridine rings is 1. The van der Waals surface area contributed by atoms with Gasteiger partial charge in [0.05, 0.1) is 0 Å². The van der Waals surface area contributed by atoms with Gasteiger partial charge in [-0.2, -0.15) is 4.57 Å². The lowest BCUT2D eigenvalue weighted by atomic mass is 10.1. The van der Waals surface area contributed by atoms with E-state index in [0.717, 1.165) is 21.0 Å². The molecule has 7 heteroatoms. The van der Waals surface area contributed by atoms with Gasteiger partial charge in [-0.1, -0.05) is 42.5 Å². The highest BCUT2D eigenvalue weighted by Gasteiger charge is 2.28. The summed E-state index contributed by atoms with van der Waals surface area (Å²) in [5.74, 6) is 0.315. The normalized spacial score (nSPS) is 10.5. The van der Waals surface area contributed by atoms with Gasteiger partial charge in [0.1, 0.15) is 20.6 Å². The molecule has 0 bridgehead atoms. The van der Waals surface area contributed by atoms with Gasteiger partial charge in [0.15, 0.2) is 12.4 Å². The molecule has 158 valence electrons. The number of aryl methyl sites for hydroxylation is 1. The number of benzene rings is 2. The van der Waals surface area contributed by atoms with Crippen LogP contribution in [0.15, 0.2) is 83.3 Å². The SMILES string of the molecule is Cc1ccc[n+](-c2c(SCc3ccc(F)cc3)sc(C(=O)c3ccccc3)c2N)c1.[Br-]. The predicted molar refractivity (Wildman–Crippen MR) is 121 cm³/mol. The lowest BCUT2D eigenvalue weighted by Gasteiger charge is -2.02. The maximum atomic E-state index is 13.2. The number of anilines is 1. The van der Waals surface area contributed by atoms with E-state index in [2.05, 4.69) is 0 Å². The van der Waals surface area contributed by atoms with Gasteiger partial charge in [0, 0.05) is 22.9 Å². The third-order valence-electron chi connectivity index (χ3n) is 4.62. The summed E-state index contributed by atoms with van der Waals surface area (Å²) in [7, 11) is 0. The number of nitrogen functional groups attached to an aromatic ring is 1. The number of hydrogen-bond acceptors (Lipinski definition) is 4. The average molecular weight is 515 g/mol. The molecule has 0 atom stereocenters. The van der Waals surface area contributed by atoms with Crippen molar-refractivity contribution in [3.05, 3.63) is 107 Å². The van der Waals surface area contributed by atoms with Gasteiger partial charge >= 0.3 is 0 Å². The second-order valence-electron chi connectivity index (χ2n) is 6.88. The molecule has 0 saturated carbocycles. The Kier molecular flexibility index (Phi) is 7.64. The molecule has 2 N–H and O–H groups in total. The molecule has 2 aromatic carbocycles. The first kappa shape index (κ1) is 23.2. The first-order valence-electron chi connectivity index (χ1n) is 9.40. The molecule has 3 nitrogen and oxygen atoms in total. The number of hydrogen-bond donors (Lipinski definition) is 1. The van der Waals surface area contributed by atoms with Gasteiger partial charge in [-0.05, 0) is 30.7 Å². The van der Waals surface area contributed by atoms with Gasteiger partial charge in [0.25, 0.3) is 5.69 Å². The van der Waals surface area contributed by atoms with Crippen LogP contribution in [0.4, 0.5) is 10.1 Å². The minimum absolute atomic E-state index is 0. The summed E-state index contributed by atoms with van der Waals surface area (Å²) in [6.07, 6.45) is 3.93. The summed E-state index contributed by atoms with van der Waals surface area (Å²) in [6.45, 7) is 2.01. The van der Waals surface area contributed by atoms with Crippen LogP contribution in [0.25, 0.3) is 5.69 Å². The Morgan fingerprint density at radius 3 is 2.45 bits per heavy atom. The highest BCUT2D eigenvalue weighted by Crippen LogP contribution is 2.40. The van der Waals surface area contributed by atoms with Crippen molar-refractivity contribution in [2.75, 3.05) is 5.73 Å². The molecule has 0 radical (unpaired) electrons. The molecule has 0 aliphatic heterocycles. The van der Waals surface area contributed by atoms with Crippen LogP contribution in [-0.2, 0) is 5.75 Å². The van der Waals surface area contributed by atoms with Crippen LogP contribution in [0.2, 0.25) is 0 Å². The molecule has 0 amide bonds. The van der Waals surface area contributed by atoms with Crippen LogP contribution in [-0.4, -0.2) is 5.78 Å². The quantitative estimate of drug-likeness (QED) is 0.244. The van der Waals surface area contributed by atoms with E-state index < -0.39 is 0 Å². The molecular formula is C24H20BrFN2OS2. The van der Waals surface area contributed by atoms with Gasteiger partial charge in [-0.25, -0.2) is 4.39 Å². The minimum atomic E-state index is -0.254. The number of nitrogens with zero attached hydrogens (tertiary/aromatic N) is 1. The van der Waals surface area contributed by atoms with E-state index >= 15 is 0 Å². The second-order valence-corrected chi connectivity index (χ2v) is 9.14. The van der Waals surface area contributed by atoms with Crippen molar-refractivity contribution in [2.24, 2.45) is 0 Å². The van der Waals surface area contributed by atoms with Crippen molar-refractivity contribution >= 4 is 34.6 Å².